The number of fused-ring (bicyclic) bond motifs is 1. The fraction of sp³-hybridized carbons (Fsp3) is 0.0833. The molecule has 4 rings (SSSR count). The van der Waals surface area contributed by atoms with Crippen molar-refractivity contribution in [1.29, 1.82) is 0 Å². The zero-order valence-electron chi connectivity index (χ0n) is 15.1. The molecule has 0 spiro atoms. The molecule has 0 unspecified atom stereocenters. The van der Waals surface area contributed by atoms with E-state index in [2.05, 4.69) is 109 Å². The van der Waals surface area contributed by atoms with E-state index in [-0.39, 0.29) is 0 Å². The van der Waals surface area contributed by atoms with Crippen LogP contribution in [0.2, 0.25) is 0 Å². The number of nitrogens with one attached hydrogen (secondary N) is 2. The maximum Gasteiger partial charge on any atom is 0.0485 e. The predicted octanol–water partition coefficient (Wildman–Crippen LogP) is 6.90. The minimum atomic E-state index is 1.09. The molecule has 0 fully saturated rings. The minimum Gasteiger partial charge on any atom is -0.355 e. The standard InChI is InChI=1S/C24H22N2/c1-17-8-12-19(13-9-17)25-23-16-24(22-7-5-3-4-6-21(22)23)26-20-14-10-18(2)11-15-20/h3-16,25-26H,1-2H3. The largest absolute Gasteiger partial charge is 0.355 e. The highest BCUT2D eigenvalue weighted by molar-refractivity contribution is 5.95. The molecule has 0 aliphatic heterocycles. The fourth-order valence-electron chi connectivity index (χ4n) is 3.11. The Morgan fingerprint density at radius 1 is 0.500 bits per heavy atom. The highest BCUT2D eigenvalue weighted by Gasteiger charge is 2.15. The van der Waals surface area contributed by atoms with Gasteiger partial charge in [0.25, 0.3) is 0 Å². The molecule has 0 amide bonds. The summed E-state index contributed by atoms with van der Waals surface area (Å²) in [5, 5.41) is 7.13. The third kappa shape index (κ3) is 3.40. The monoisotopic (exact) mass is 338 g/mol. The van der Waals surface area contributed by atoms with Crippen LogP contribution in [0.3, 0.4) is 0 Å². The van der Waals surface area contributed by atoms with Gasteiger partial charge in [0.05, 0.1) is 0 Å². The van der Waals surface area contributed by atoms with Crippen molar-refractivity contribution in [3.63, 3.8) is 0 Å². The number of benzene rings is 2. The molecular formula is C24H22N2. The molecule has 26 heavy (non-hydrogen) atoms. The molecule has 2 heteroatoms. The van der Waals surface area contributed by atoms with Crippen LogP contribution in [0.25, 0.3) is 11.1 Å². The molecule has 0 heterocycles. The molecule has 0 radical (unpaired) electrons. The Morgan fingerprint density at radius 3 is 1.35 bits per heavy atom. The number of anilines is 4. The Kier molecular flexibility index (Phi) is 4.32. The minimum absolute atomic E-state index is 1.09. The van der Waals surface area contributed by atoms with Crippen LogP contribution in [0.1, 0.15) is 11.1 Å². The Labute approximate surface area is 154 Å². The van der Waals surface area contributed by atoms with E-state index in [0.29, 0.717) is 0 Å². The average Bonchev–Trinajstić information content (AvgIpc) is 2.82. The maximum absolute atomic E-state index is 3.56. The summed E-state index contributed by atoms with van der Waals surface area (Å²) in [7, 11) is 0. The average molecular weight is 338 g/mol. The number of rotatable bonds is 4. The van der Waals surface area contributed by atoms with E-state index in [1.807, 2.05) is 0 Å². The van der Waals surface area contributed by atoms with Crippen LogP contribution in [-0.2, 0) is 0 Å². The molecular weight excluding hydrogens is 316 g/mol. The molecule has 2 aromatic carbocycles. The van der Waals surface area contributed by atoms with Gasteiger partial charge in [0.2, 0.25) is 0 Å². The molecule has 2 N–H and O–H groups in total. The summed E-state index contributed by atoms with van der Waals surface area (Å²) in [5.41, 5.74) is 9.32. The molecule has 2 aliphatic rings. The van der Waals surface area contributed by atoms with Gasteiger partial charge in [-0.1, -0.05) is 65.7 Å². The molecule has 0 bridgehead atoms. The van der Waals surface area contributed by atoms with Crippen molar-refractivity contribution >= 4 is 22.7 Å². The third-order valence-corrected chi connectivity index (χ3v) is 4.57. The first-order valence-electron chi connectivity index (χ1n) is 8.88. The van der Waals surface area contributed by atoms with Crippen molar-refractivity contribution in [1.82, 2.24) is 0 Å². The van der Waals surface area contributed by atoms with E-state index in [4.69, 9.17) is 0 Å². The summed E-state index contributed by atoms with van der Waals surface area (Å²) < 4.78 is 0. The van der Waals surface area contributed by atoms with Crippen LogP contribution < -0.4 is 10.6 Å². The topological polar surface area (TPSA) is 24.1 Å². The van der Waals surface area contributed by atoms with Gasteiger partial charge in [-0.2, -0.15) is 0 Å². The normalized spacial score (nSPS) is 10.7. The van der Waals surface area contributed by atoms with Crippen molar-refractivity contribution in [3.05, 3.63) is 96.1 Å². The van der Waals surface area contributed by atoms with Crippen molar-refractivity contribution < 1.29 is 0 Å². The van der Waals surface area contributed by atoms with Crippen molar-refractivity contribution in [2.75, 3.05) is 10.6 Å². The van der Waals surface area contributed by atoms with E-state index in [0.717, 1.165) is 22.7 Å². The second-order valence-electron chi connectivity index (χ2n) is 6.69. The molecule has 0 saturated carbocycles. The first kappa shape index (κ1) is 16.2. The molecule has 2 nitrogen and oxygen atoms in total. The lowest BCUT2D eigenvalue weighted by atomic mass is 10.1. The van der Waals surface area contributed by atoms with E-state index in [9.17, 15) is 0 Å². The number of hydrogen-bond acceptors (Lipinski definition) is 2. The Hall–Kier alpha value is -3.26. The van der Waals surface area contributed by atoms with E-state index >= 15 is 0 Å². The van der Waals surface area contributed by atoms with Crippen molar-refractivity contribution in [2.24, 2.45) is 0 Å². The van der Waals surface area contributed by atoms with Crippen LogP contribution >= 0.6 is 0 Å². The van der Waals surface area contributed by atoms with Gasteiger partial charge in [-0.3, -0.25) is 0 Å². The van der Waals surface area contributed by atoms with Gasteiger partial charge < -0.3 is 10.6 Å². The van der Waals surface area contributed by atoms with Gasteiger partial charge in [0, 0.05) is 33.9 Å². The lowest BCUT2D eigenvalue weighted by Crippen LogP contribution is -1.89. The summed E-state index contributed by atoms with van der Waals surface area (Å²) in [4.78, 5) is 0. The maximum atomic E-state index is 3.56. The number of hydrogen-bond donors (Lipinski definition) is 2. The zero-order valence-corrected chi connectivity index (χ0v) is 15.1. The smallest absolute Gasteiger partial charge is 0.0485 e. The Balaban J connectivity index is 1.71. The Bertz CT molecular complexity index is 906. The molecule has 0 saturated heterocycles. The van der Waals surface area contributed by atoms with Gasteiger partial charge in [0.1, 0.15) is 0 Å². The van der Waals surface area contributed by atoms with Crippen LogP contribution in [0.15, 0.2) is 84.9 Å². The molecule has 2 aromatic rings. The fourth-order valence-corrected chi connectivity index (χ4v) is 3.11. The molecule has 0 atom stereocenters. The summed E-state index contributed by atoms with van der Waals surface area (Å²) >= 11 is 0. The van der Waals surface area contributed by atoms with E-state index < -0.39 is 0 Å². The molecule has 2 aliphatic carbocycles. The van der Waals surface area contributed by atoms with E-state index in [1.54, 1.807) is 0 Å². The Morgan fingerprint density at radius 2 is 0.923 bits per heavy atom. The number of aryl methyl sites for hydroxylation is 2. The zero-order chi connectivity index (χ0) is 17.9. The van der Waals surface area contributed by atoms with Gasteiger partial charge in [-0.05, 0) is 44.2 Å². The quantitative estimate of drug-likeness (QED) is 0.423. The van der Waals surface area contributed by atoms with Gasteiger partial charge in [-0.25, -0.2) is 0 Å². The predicted molar refractivity (Wildman–Crippen MR) is 112 cm³/mol. The van der Waals surface area contributed by atoms with Gasteiger partial charge >= 0.3 is 0 Å². The van der Waals surface area contributed by atoms with Gasteiger partial charge in [-0.15, -0.1) is 0 Å². The lowest BCUT2D eigenvalue weighted by molar-refractivity contribution is 1.46. The highest BCUT2D eigenvalue weighted by Crippen LogP contribution is 2.41. The summed E-state index contributed by atoms with van der Waals surface area (Å²) in [6, 6.07) is 29.7. The van der Waals surface area contributed by atoms with Crippen LogP contribution in [-0.4, -0.2) is 0 Å². The van der Waals surface area contributed by atoms with Crippen LogP contribution in [0, 0.1) is 13.8 Å². The lowest BCUT2D eigenvalue weighted by Gasteiger charge is -2.07. The second kappa shape index (κ2) is 6.93. The second-order valence-corrected chi connectivity index (χ2v) is 6.69. The first-order chi connectivity index (χ1) is 12.7. The summed E-state index contributed by atoms with van der Waals surface area (Å²) in [6.45, 7) is 4.20. The summed E-state index contributed by atoms with van der Waals surface area (Å²) in [5.74, 6) is 0. The van der Waals surface area contributed by atoms with Crippen molar-refractivity contribution in [3.8, 4) is 11.1 Å². The van der Waals surface area contributed by atoms with Crippen LogP contribution in [0.5, 0.6) is 0 Å². The van der Waals surface area contributed by atoms with Crippen LogP contribution in [0.4, 0.5) is 22.7 Å². The third-order valence-electron chi connectivity index (χ3n) is 4.57. The first-order valence-corrected chi connectivity index (χ1v) is 8.88. The SMILES string of the molecule is Cc1ccc(Nc2cc(Nc3ccc(C)cc3)c3cccccc2-3)cc1. The highest BCUT2D eigenvalue weighted by atomic mass is 14.9. The van der Waals surface area contributed by atoms with E-state index in [1.165, 1.54) is 22.3 Å². The van der Waals surface area contributed by atoms with Gasteiger partial charge in [0.15, 0.2) is 0 Å². The summed E-state index contributed by atoms with van der Waals surface area (Å²) in [6.07, 6.45) is 0. The molecule has 0 aromatic heterocycles. The van der Waals surface area contributed by atoms with Crippen molar-refractivity contribution in [2.45, 2.75) is 13.8 Å². The molecule has 128 valence electrons.